The lowest BCUT2D eigenvalue weighted by Crippen LogP contribution is -2.55. The molecule has 0 aromatic carbocycles. The second-order valence-corrected chi connectivity index (χ2v) is 8.61. The van der Waals surface area contributed by atoms with Crippen molar-refractivity contribution in [1.29, 1.82) is 0 Å². The summed E-state index contributed by atoms with van der Waals surface area (Å²) in [7, 11) is 0. The van der Waals surface area contributed by atoms with Gasteiger partial charge in [0.2, 0.25) is 0 Å². The molecule has 3 aliphatic rings. The normalized spacial score (nSPS) is 32.6. The van der Waals surface area contributed by atoms with E-state index in [0.717, 1.165) is 24.3 Å². The summed E-state index contributed by atoms with van der Waals surface area (Å²) in [5, 5.41) is 13.3. The van der Waals surface area contributed by atoms with E-state index in [4.69, 9.17) is 0 Å². The Morgan fingerprint density at radius 2 is 1.78 bits per heavy atom. The van der Waals surface area contributed by atoms with Crippen molar-refractivity contribution in [3.63, 3.8) is 0 Å². The molecule has 0 bridgehead atoms. The third-order valence-corrected chi connectivity index (χ3v) is 6.93. The van der Waals surface area contributed by atoms with E-state index in [0.29, 0.717) is 18.6 Å². The molecule has 2 aliphatic carbocycles. The van der Waals surface area contributed by atoms with Crippen LogP contribution >= 0.6 is 0 Å². The van der Waals surface area contributed by atoms with Crippen LogP contribution in [0.2, 0.25) is 0 Å². The summed E-state index contributed by atoms with van der Waals surface area (Å²) < 4.78 is 0. The molecule has 0 aromatic heterocycles. The quantitative estimate of drug-likeness (QED) is 0.754. The maximum absolute atomic E-state index is 9.39. The summed E-state index contributed by atoms with van der Waals surface area (Å²) >= 11 is 0. The maximum atomic E-state index is 9.39. The molecule has 3 heteroatoms. The lowest BCUT2D eigenvalue weighted by Gasteiger charge is -2.46. The summed E-state index contributed by atoms with van der Waals surface area (Å²) in [5.41, 5.74) is 0. The van der Waals surface area contributed by atoms with Crippen LogP contribution in [0.3, 0.4) is 0 Å². The van der Waals surface area contributed by atoms with Gasteiger partial charge in [-0.1, -0.05) is 25.7 Å². The van der Waals surface area contributed by atoms with Crippen molar-refractivity contribution in [1.82, 2.24) is 10.2 Å². The number of piperidine rings is 1. The molecule has 2 saturated carbocycles. The molecule has 3 nitrogen and oxygen atoms in total. The van der Waals surface area contributed by atoms with E-state index in [9.17, 15) is 5.11 Å². The zero-order valence-corrected chi connectivity index (χ0v) is 15.2. The van der Waals surface area contributed by atoms with Gasteiger partial charge in [-0.3, -0.25) is 4.90 Å². The van der Waals surface area contributed by atoms with E-state index in [1.165, 1.54) is 77.4 Å². The summed E-state index contributed by atoms with van der Waals surface area (Å²) in [6.07, 6.45) is 13.7. The molecule has 0 radical (unpaired) electrons. The Hall–Kier alpha value is -0.120. The molecule has 1 heterocycles. The van der Waals surface area contributed by atoms with Crippen LogP contribution in [0.25, 0.3) is 0 Å². The molecule has 0 aromatic rings. The van der Waals surface area contributed by atoms with Gasteiger partial charge in [-0.05, 0) is 69.7 Å². The highest BCUT2D eigenvalue weighted by Gasteiger charge is 2.34. The highest BCUT2D eigenvalue weighted by Crippen LogP contribution is 2.34. The summed E-state index contributed by atoms with van der Waals surface area (Å²) in [4.78, 5) is 2.74. The molecule has 3 fully saturated rings. The largest absolute Gasteiger partial charge is 0.396 e. The van der Waals surface area contributed by atoms with Gasteiger partial charge in [-0.2, -0.15) is 0 Å². The Morgan fingerprint density at radius 3 is 2.43 bits per heavy atom. The molecule has 3 atom stereocenters. The van der Waals surface area contributed by atoms with E-state index in [1.54, 1.807) is 0 Å². The third kappa shape index (κ3) is 4.93. The van der Waals surface area contributed by atoms with Crippen LogP contribution in [0, 0.1) is 17.8 Å². The molecule has 2 N–H and O–H groups in total. The lowest BCUT2D eigenvalue weighted by atomic mass is 9.78. The number of aliphatic hydroxyl groups is 1. The van der Waals surface area contributed by atoms with Crippen LogP contribution in [-0.2, 0) is 0 Å². The first kappa shape index (κ1) is 17.7. The van der Waals surface area contributed by atoms with Crippen molar-refractivity contribution in [3.05, 3.63) is 0 Å². The molecular weight excluding hydrogens is 284 g/mol. The number of aliphatic hydroxyl groups excluding tert-OH is 1. The highest BCUT2D eigenvalue weighted by molar-refractivity contribution is 4.90. The van der Waals surface area contributed by atoms with Gasteiger partial charge >= 0.3 is 0 Å². The number of likely N-dealkylation sites (tertiary alicyclic amines) is 1. The molecular formula is C20H38N2O. The minimum atomic E-state index is 0.353. The van der Waals surface area contributed by atoms with Crippen molar-refractivity contribution < 1.29 is 5.11 Å². The fraction of sp³-hybridized carbons (Fsp3) is 1.00. The van der Waals surface area contributed by atoms with Gasteiger partial charge in [0.1, 0.15) is 0 Å². The van der Waals surface area contributed by atoms with Gasteiger partial charge < -0.3 is 10.4 Å². The van der Waals surface area contributed by atoms with Crippen LogP contribution in [-0.4, -0.2) is 48.3 Å². The van der Waals surface area contributed by atoms with Crippen LogP contribution in [0.1, 0.15) is 71.1 Å². The average molecular weight is 323 g/mol. The van der Waals surface area contributed by atoms with Crippen LogP contribution in [0.5, 0.6) is 0 Å². The van der Waals surface area contributed by atoms with Crippen LogP contribution in [0.15, 0.2) is 0 Å². The molecule has 3 rings (SSSR count). The third-order valence-electron chi connectivity index (χ3n) is 6.93. The van der Waals surface area contributed by atoms with E-state index < -0.39 is 0 Å². The Bertz CT molecular complexity index is 339. The van der Waals surface area contributed by atoms with Crippen LogP contribution < -0.4 is 5.32 Å². The second-order valence-electron chi connectivity index (χ2n) is 8.61. The van der Waals surface area contributed by atoms with Gasteiger partial charge in [0.15, 0.2) is 0 Å². The minimum Gasteiger partial charge on any atom is -0.396 e. The summed E-state index contributed by atoms with van der Waals surface area (Å²) in [5.74, 6) is 2.53. The van der Waals surface area contributed by atoms with Crippen molar-refractivity contribution in [2.24, 2.45) is 17.8 Å². The van der Waals surface area contributed by atoms with E-state index in [-0.39, 0.29) is 0 Å². The smallest absolute Gasteiger partial charge is 0.0434 e. The molecule has 134 valence electrons. The number of hydrogen-bond acceptors (Lipinski definition) is 3. The molecule has 3 unspecified atom stereocenters. The standard InChI is InChI=1S/C20H38N2O/c1-16(19-8-5-9-19)22-14-18(10-11-23)12-20(15-22)21-13-17-6-3-2-4-7-17/h16-21,23H,2-15H2,1H3. The number of nitrogens with zero attached hydrogens (tertiary/aromatic N) is 1. The fourth-order valence-corrected chi connectivity index (χ4v) is 5.06. The predicted molar refractivity (Wildman–Crippen MR) is 96.6 cm³/mol. The van der Waals surface area contributed by atoms with Gasteiger partial charge in [0, 0.05) is 31.8 Å². The highest BCUT2D eigenvalue weighted by atomic mass is 16.3. The predicted octanol–water partition coefficient (Wildman–Crippen LogP) is 3.42. The molecule has 0 spiro atoms. The van der Waals surface area contributed by atoms with Crippen molar-refractivity contribution in [3.8, 4) is 0 Å². The monoisotopic (exact) mass is 322 g/mol. The molecule has 1 saturated heterocycles. The molecule has 1 aliphatic heterocycles. The van der Waals surface area contributed by atoms with Gasteiger partial charge in [0.25, 0.3) is 0 Å². The lowest BCUT2D eigenvalue weighted by molar-refractivity contribution is 0.0438. The Kier molecular flexibility index (Phi) is 6.79. The summed E-state index contributed by atoms with van der Waals surface area (Å²) in [6, 6.07) is 1.38. The number of hydrogen-bond donors (Lipinski definition) is 2. The maximum Gasteiger partial charge on any atom is 0.0434 e. The molecule has 23 heavy (non-hydrogen) atoms. The van der Waals surface area contributed by atoms with Crippen molar-refractivity contribution in [2.45, 2.75) is 83.2 Å². The molecule has 0 amide bonds. The Morgan fingerprint density at radius 1 is 1.00 bits per heavy atom. The van der Waals surface area contributed by atoms with Crippen molar-refractivity contribution >= 4 is 0 Å². The SMILES string of the molecule is CC(C1CCC1)N1CC(CCO)CC(NCC2CCCCC2)C1. The Labute approximate surface area is 143 Å². The van der Waals surface area contributed by atoms with Crippen LogP contribution in [0.4, 0.5) is 0 Å². The fourth-order valence-electron chi connectivity index (χ4n) is 5.06. The zero-order chi connectivity index (χ0) is 16.1. The first-order valence-corrected chi connectivity index (χ1v) is 10.3. The average Bonchev–Trinajstić information content (AvgIpc) is 2.52. The Balaban J connectivity index is 1.50. The number of nitrogens with one attached hydrogen (secondary N) is 1. The van der Waals surface area contributed by atoms with Gasteiger partial charge in [0.05, 0.1) is 0 Å². The summed E-state index contributed by atoms with van der Waals surface area (Å²) in [6.45, 7) is 6.46. The minimum absolute atomic E-state index is 0.353. The number of rotatable bonds is 7. The van der Waals surface area contributed by atoms with Gasteiger partial charge in [-0.15, -0.1) is 0 Å². The zero-order valence-electron chi connectivity index (χ0n) is 15.2. The first-order valence-electron chi connectivity index (χ1n) is 10.3. The first-order chi connectivity index (χ1) is 11.3. The van der Waals surface area contributed by atoms with E-state index in [2.05, 4.69) is 17.1 Å². The topological polar surface area (TPSA) is 35.5 Å². The van der Waals surface area contributed by atoms with E-state index in [1.807, 2.05) is 0 Å². The van der Waals surface area contributed by atoms with Crippen molar-refractivity contribution in [2.75, 3.05) is 26.2 Å². The second kappa shape index (κ2) is 8.82. The van der Waals surface area contributed by atoms with Gasteiger partial charge in [-0.25, -0.2) is 0 Å². The van der Waals surface area contributed by atoms with E-state index >= 15 is 0 Å².